The van der Waals surface area contributed by atoms with Gasteiger partial charge in [0.05, 0.1) is 24.3 Å². The van der Waals surface area contributed by atoms with Gasteiger partial charge in [0.1, 0.15) is 11.9 Å². The van der Waals surface area contributed by atoms with Crippen LogP contribution in [0.2, 0.25) is 0 Å². The highest BCUT2D eigenvalue weighted by atomic mass is 15.3. The second kappa shape index (κ2) is 5.72. The van der Waals surface area contributed by atoms with Gasteiger partial charge in [-0.3, -0.25) is 4.90 Å². The Morgan fingerprint density at radius 2 is 2.10 bits per heavy atom. The first-order chi connectivity index (χ1) is 9.88. The molecule has 1 aliphatic rings. The molecule has 2 aromatic rings. The van der Waals surface area contributed by atoms with Crippen LogP contribution in [0.25, 0.3) is 0 Å². The van der Waals surface area contributed by atoms with Gasteiger partial charge in [-0.2, -0.15) is 5.26 Å². The minimum Gasteiger partial charge on any atom is -0.354 e. The molecule has 1 fully saturated rings. The van der Waals surface area contributed by atoms with E-state index in [0.717, 1.165) is 37.7 Å². The van der Waals surface area contributed by atoms with Gasteiger partial charge in [-0.15, -0.1) is 0 Å². The smallest absolute Gasteiger partial charge is 0.140 e. The summed E-state index contributed by atoms with van der Waals surface area (Å²) in [5, 5.41) is 9.37. The Bertz CT molecular complexity index is 565. The lowest BCUT2D eigenvalue weighted by atomic mass is 10.1. The number of rotatable bonds is 3. The molecule has 0 aliphatic carbocycles. The molecule has 1 atom stereocenters. The zero-order valence-corrected chi connectivity index (χ0v) is 11.1. The van der Waals surface area contributed by atoms with Crippen LogP contribution in [0.1, 0.15) is 11.7 Å². The third kappa shape index (κ3) is 2.49. The van der Waals surface area contributed by atoms with Crippen molar-refractivity contribution in [2.24, 2.45) is 0 Å². The van der Waals surface area contributed by atoms with Gasteiger partial charge in [0, 0.05) is 32.4 Å². The monoisotopic (exact) mass is 268 g/mol. The number of nitriles is 1. The minimum absolute atomic E-state index is 0.247. The lowest BCUT2D eigenvalue weighted by molar-refractivity contribution is 0.219. The molecule has 1 saturated heterocycles. The lowest BCUT2D eigenvalue weighted by Crippen LogP contribution is -2.47. The Hall–Kier alpha value is -2.39. The molecule has 1 N–H and O–H groups in total. The molecule has 0 saturated carbocycles. The predicted octanol–water partition coefficient (Wildman–Crippen LogP) is 1.19. The summed E-state index contributed by atoms with van der Waals surface area (Å²) in [7, 11) is 0. The van der Waals surface area contributed by atoms with Crippen molar-refractivity contribution in [1.29, 1.82) is 5.26 Å². The van der Waals surface area contributed by atoms with Crippen molar-refractivity contribution in [3.8, 4) is 6.07 Å². The lowest BCUT2D eigenvalue weighted by Gasteiger charge is -2.37. The van der Waals surface area contributed by atoms with Crippen molar-refractivity contribution in [3.05, 3.63) is 42.6 Å². The number of nitrogens with one attached hydrogen (secondary N) is 1. The predicted molar refractivity (Wildman–Crippen MR) is 75.0 cm³/mol. The maximum absolute atomic E-state index is 9.37. The molecule has 1 aliphatic heterocycles. The molecule has 0 aromatic carbocycles. The first-order valence-electron chi connectivity index (χ1n) is 6.66. The zero-order valence-electron chi connectivity index (χ0n) is 11.1. The van der Waals surface area contributed by atoms with Crippen LogP contribution in [0, 0.1) is 11.3 Å². The van der Waals surface area contributed by atoms with Gasteiger partial charge < -0.3 is 9.88 Å². The average Bonchev–Trinajstić information content (AvgIpc) is 3.04. The standard InChI is InChI=1S/C14H16N6/c15-9-13(12-10-16-11-18-12)19-5-7-20(8-6-19)14-3-1-2-4-17-14/h1-4,10-11,13H,5-8H2,(H,16,18). The molecule has 3 heterocycles. The average molecular weight is 268 g/mol. The fourth-order valence-corrected chi connectivity index (χ4v) is 2.51. The van der Waals surface area contributed by atoms with E-state index < -0.39 is 0 Å². The third-order valence-corrected chi connectivity index (χ3v) is 3.59. The van der Waals surface area contributed by atoms with Gasteiger partial charge in [0.15, 0.2) is 0 Å². The number of H-pyrrole nitrogens is 1. The van der Waals surface area contributed by atoms with Gasteiger partial charge in [0.2, 0.25) is 0 Å². The van der Waals surface area contributed by atoms with E-state index in [4.69, 9.17) is 0 Å². The molecule has 0 spiro atoms. The highest BCUT2D eigenvalue weighted by molar-refractivity contribution is 5.38. The first-order valence-corrected chi connectivity index (χ1v) is 6.66. The molecule has 0 radical (unpaired) electrons. The van der Waals surface area contributed by atoms with E-state index in [1.807, 2.05) is 24.4 Å². The Labute approximate surface area is 117 Å². The van der Waals surface area contributed by atoms with Crippen LogP contribution in [0.5, 0.6) is 0 Å². The van der Waals surface area contributed by atoms with Crippen molar-refractivity contribution >= 4 is 5.82 Å². The summed E-state index contributed by atoms with van der Waals surface area (Å²) in [6, 6.07) is 8.04. The zero-order chi connectivity index (χ0) is 13.8. The summed E-state index contributed by atoms with van der Waals surface area (Å²) in [6.07, 6.45) is 5.15. The summed E-state index contributed by atoms with van der Waals surface area (Å²) >= 11 is 0. The molecular weight excluding hydrogens is 252 g/mol. The van der Waals surface area contributed by atoms with Crippen molar-refractivity contribution < 1.29 is 0 Å². The minimum atomic E-state index is -0.247. The van der Waals surface area contributed by atoms with E-state index in [1.54, 1.807) is 12.5 Å². The van der Waals surface area contributed by atoms with Gasteiger partial charge >= 0.3 is 0 Å². The highest BCUT2D eigenvalue weighted by Crippen LogP contribution is 2.21. The number of pyridine rings is 1. The van der Waals surface area contributed by atoms with Crippen molar-refractivity contribution in [2.75, 3.05) is 31.1 Å². The summed E-state index contributed by atoms with van der Waals surface area (Å²) in [6.45, 7) is 3.44. The van der Waals surface area contributed by atoms with E-state index in [9.17, 15) is 5.26 Å². The number of nitrogens with zero attached hydrogens (tertiary/aromatic N) is 5. The summed E-state index contributed by atoms with van der Waals surface area (Å²) < 4.78 is 0. The number of aromatic nitrogens is 3. The molecule has 3 rings (SSSR count). The second-order valence-corrected chi connectivity index (χ2v) is 4.75. The SMILES string of the molecule is N#CC(c1cnc[nH]1)N1CCN(c2ccccn2)CC1. The molecule has 6 heteroatoms. The Kier molecular flexibility index (Phi) is 3.61. The van der Waals surface area contributed by atoms with Crippen LogP contribution in [0.3, 0.4) is 0 Å². The van der Waals surface area contributed by atoms with Gasteiger partial charge in [-0.25, -0.2) is 9.97 Å². The first kappa shape index (κ1) is 12.6. The summed E-state index contributed by atoms with van der Waals surface area (Å²) in [5.74, 6) is 1.00. The van der Waals surface area contributed by atoms with Crippen LogP contribution >= 0.6 is 0 Å². The quantitative estimate of drug-likeness (QED) is 0.905. The Balaban J connectivity index is 1.65. The third-order valence-electron chi connectivity index (χ3n) is 3.59. The fourth-order valence-electron chi connectivity index (χ4n) is 2.51. The van der Waals surface area contributed by atoms with Gasteiger partial charge in [0.25, 0.3) is 0 Å². The summed E-state index contributed by atoms with van der Waals surface area (Å²) in [4.78, 5) is 15.8. The molecule has 0 amide bonds. The number of hydrogen-bond acceptors (Lipinski definition) is 5. The molecule has 1 unspecified atom stereocenters. The molecule has 2 aromatic heterocycles. The van der Waals surface area contributed by atoms with E-state index in [1.165, 1.54) is 0 Å². The van der Waals surface area contributed by atoms with Crippen LogP contribution < -0.4 is 4.90 Å². The van der Waals surface area contributed by atoms with Gasteiger partial charge in [-0.05, 0) is 12.1 Å². The number of anilines is 1. The Morgan fingerprint density at radius 3 is 2.70 bits per heavy atom. The van der Waals surface area contributed by atoms with Crippen LogP contribution in [0.4, 0.5) is 5.82 Å². The normalized spacial score (nSPS) is 17.6. The number of hydrogen-bond donors (Lipinski definition) is 1. The maximum Gasteiger partial charge on any atom is 0.140 e. The van der Waals surface area contributed by atoms with E-state index in [-0.39, 0.29) is 6.04 Å². The van der Waals surface area contributed by atoms with Crippen molar-refractivity contribution in [1.82, 2.24) is 19.9 Å². The van der Waals surface area contributed by atoms with Crippen LogP contribution in [0.15, 0.2) is 36.9 Å². The number of piperazine rings is 1. The summed E-state index contributed by atoms with van der Waals surface area (Å²) in [5.41, 5.74) is 0.860. The maximum atomic E-state index is 9.37. The second-order valence-electron chi connectivity index (χ2n) is 4.75. The van der Waals surface area contributed by atoms with E-state index >= 15 is 0 Å². The van der Waals surface area contributed by atoms with Crippen molar-refractivity contribution in [2.45, 2.75) is 6.04 Å². The topological polar surface area (TPSA) is 71.8 Å². The van der Waals surface area contributed by atoms with Crippen LogP contribution in [-0.2, 0) is 0 Å². The number of aromatic amines is 1. The fraction of sp³-hybridized carbons (Fsp3) is 0.357. The largest absolute Gasteiger partial charge is 0.354 e. The molecule has 6 nitrogen and oxygen atoms in total. The molecular formula is C14H16N6. The Morgan fingerprint density at radius 1 is 1.25 bits per heavy atom. The highest BCUT2D eigenvalue weighted by Gasteiger charge is 2.26. The van der Waals surface area contributed by atoms with E-state index in [0.29, 0.717) is 0 Å². The van der Waals surface area contributed by atoms with Crippen LogP contribution in [-0.4, -0.2) is 46.0 Å². The number of imidazole rings is 1. The van der Waals surface area contributed by atoms with Gasteiger partial charge in [-0.1, -0.05) is 6.07 Å². The van der Waals surface area contributed by atoms with E-state index in [2.05, 4.69) is 30.8 Å². The molecule has 102 valence electrons. The molecule has 0 bridgehead atoms. The van der Waals surface area contributed by atoms with Crippen molar-refractivity contribution in [3.63, 3.8) is 0 Å². The molecule has 20 heavy (non-hydrogen) atoms.